The summed E-state index contributed by atoms with van der Waals surface area (Å²) in [5.74, 6) is 1.95. The summed E-state index contributed by atoms with van der Waals surface area (Å²) in [5, 5.41) is 0. The first-order chi connectivity index (χ1) is 7.12. The van der Waals surface area contributed by atoms with Gasteiger partial charge in [0.15, 0.2) is 0 Å². The predicted octanol–water partition coefficient (Wildman–Crippen LogP) is 5.42. The molecule has 0 nitrogen and oxygen atoms in total. The normalized spacial score (nSPS) is 22.2. The van der Waals surface area contributed by atoms with Crippen molar-refractivity contribution in [2.75, 3.05) is 0 Å². The molecule has 15 heavy (non-hydrogen) atoms. The van der Waals surface area contributed by atoms with Gasteiger partial charge < -0.3 is 0 Å². The molecule has 0 heteroatoms. The molecule has 0 atom stereocenters. The van der Waals surface area contributed by atoms with Gasteiger partial charge in [-0.3, -0.25) is 0 Å². The van der Waals surface area contributed by atoms with Crippen LogP contribution in [0, 0.1) is 17.3 Å². The van der Waals surface area contributed by atoms with Gasteiger partial charge in [-0.1, -0.05) is 53.4 Å². The number of hydrogen-bond donors (Lipinski definition) is 0. The second kappa shape index (κ2) is 5.92. The second-order valence-corrected chi connectivity index (χ2v) is 6.12. The third-order valence-corrected chi connectivity index (χ3v) is 4.82. The molecule has 0 aromatic heterocycles. The van der Waals surface area contributed by atoms with E-state index in [4.69, 9.17) is 0 Å². The van der Waals surface area contributed by atoms with Crippen LogP contribution in [0.5, 0.6) is 0 Å². The van der Waals surface area contributed by atoms with Crippen LogP contribution < -0.4 is 0 Å². The van der Waals surface area contributed by atoms with E-state index < -0.39 is 0 Å². The quantitative estimate of drug-likeness (QED) is 0.568. The van der Waals surface area contributed by atoms with E-state index in [0.29, 0.717) is 0 Å². The van der Waals surface area contributed by atoms with Gasteiger partial charge in [-0.2, -0.15) is 0 Å². The molecule has 0 bridgehead atoms. The molecule has 1 fully saturated rings. The molecule has 1 rings (SSSR count). The first-order valence-corrected chi connectivity index (χ1v) is 7.12. The molecule has 1 aliphatic carbocycles. The zero-order valence-electron chi connectivity index (χ0n) is 11.3. The Kier molecular flexibility index (Phi) is 5.15. The largest absolute Gasteiger partial charge is 0.0649 e. The van der Waals surface area contributed by atoms with Gasteiger partial charge >= 0.3 is 0 Å². The molecule has 0 saturated heterocycles. The molecule has 0 aromatic rings. The topological polar surface area (TPSA) is 0 Å². The summed E-state index contributed by atoms with van der Waals surface area (Å²) in [6.45, 7) is 9.48. The zero-order chi connectivity index (χ0) is 11.3. The highest BCUT2D eigenvalue weighted by molar-refractivity contribution is 4.83. The SMILES string of the molecule is CCC1(CC)CCC(CCC(C)C)CC1. The summed E-state index contributed by atoms with van der Waals surface area (Å²) in [6.07, 6.45) is 11.8. The smallest absolute Gasteiger partial charge is 0.0302 e. The van der Waals surface area contributed by atoms with E-state index in [9.17, 15) is 0 Å². The van der Waals surface area contributed by atoms with Crippen molar-refractivity contribution in [2.24, 2.45) is 17.3 Å². The Labute approximate surface area is 96.8 Å². The Morgan fingerprint density at radius 1 is 1.07 bits per heavy atom. The summed E-state index contributed by atoms with van der Waals surface area (Å²) in [6, 6.07) is 0. The molecule has 0 spiro atoms. The highest BCUT2D eigenvalue weighted by atomic mass is 14.4. The Bertz CT molecular complexity index is 155. The van der Waals surface area contributed by atoms with Crippen molar-refractivity contribution < 1.29 is 0 Å². The Morgan fingerprint density at radius 3 is 2.00 bits per heavy atom. The molecule has 0 aromatic carbocycles. The molecule has 0 heterocycles. The molecule has 1 saturated carbocycles. The lowest BCUT2D eigenvalue weighted by molar-refractivity contribution is 0.129. The van der Waals surface area contributed by atoms with Crippen LogP contribution in [-0.2, 0) is 0 Å². The maximum atomic E-state index is 2.39. The molecular formula is C15H30. The lowest BCUT2D eigenvalue weighted by Gasteiger charge is -2.39. The maximum absolute atomic E-state index is 2.39. The molecule has 1 aliphatic rings. The van der Waals surface area contributed by atoms with E-state index in [1.807, 2.05) is 0 Å². The van der Waals surface area contributed by atoms with Crippen LogP contribution in [0.25, 0.3) is 0 Å². The number of rotatable bonds is 5. The minimum Gasteiger partial charge on any atom is -0.0649 e. The fraction of sp³-hybridized carbons (Fsp3) is 1.00. The van der Waals surface area contributed by atoms with Gasteiger partial charge in [0, 0.05) is 0 Å². The molecule has 0 unspecified atom stereocenters. The minimum absolute atomic E-state index is 0.730. The monoisotopic (exact) mass is 210 g/mol. The second-order valence-electron chi connectivity index (χ2n) is 6.12. The summed E-state index contributed by atoms with van der Waals surface area (Å²) < 4.78 is 0. The number of hydrogen-bond acceptors (Lipinski definition) is 0. The van der Waals surface area contributed by atoms with Crippen molar-refractivity contribution in [3.63, 3.8) is 0 Å². The third kappa shape index (κ3) is 3.81. The van der Waals surface area contributed by atoms with Crippen LogP contribution in [0.15, 0.2) is 0 Å². The predicted molar refractivity (Wildman–Crippen MR) is 69.0 cm³/mol. The fourth-order valence-corrected chi connectivity index (χ4v) is 3.10. The Hall–Kier alpha value is 0. The van der Waals surface area contributed by atoms with Crippen molar-refractivity contribution >= 4 is 0 Å². The van der Waals surface area contributed by atoms with E-state index >= 15 is 0 Å². The standard InChI is InChI=1S/C15H30/c1-5-15(6-2)11-9-14(10-12-15)8-7-13(3)4/h13-14H,5-12H2,1-4H3. The van der Waals surface area contributed by atoms with Crippen molar-refractivity contribution in [2.45, 2.75) is 79.1 Å². The van der Waals surface area contributed by atoms with Crippen molar-refractivity contribution in [3.05, 3.63) is 0 Å². The lowest BCUT2D eigenvalue weighted by Crippen LogP contribution is -2.26. The first kappa shape index (κ1) is 13.1. The van der Waals surface area contributed by atoms with Crippen LogP contribution in [0.4, 0.5) is 0 Å². The molecule has 0 radical (unpaired) electrons. The molecule has 0 aliphatic heterocycles. The van der Waals surface area contributed by atoms with E-state index in [1.54, 1.807) is 0 Å². The van der Waals surface area contributed by atoms with Gasteiger partial charge in [-0.25, -0.2) is 0 Å². The first-order valence-electron chi connectivity index (χ1n) is 7.12. The summed E-state index contributed by atoms with van der Waals surface area (Å²) in [7, 11) is 0. The van der Waals surface area contributed by atoms with Crippen LogP contribution in [-0.4, -0.2) is 0 Å². The molecular weight excluding hydrogens is 180 g/mol. The van der Waals surface area contributed by atoms with Crippen molar-refractivity contribution in [3.8, 4) is 0 Å². The highest BCUT2D eigenvalue weighted by Crippen LogP contribution is 2.45. The molecule has 90 valence electrons. The summed E-state index contributed by atoms with van der Waals surface area (Å²) in [5.41, 5.74) is 0.730. The van der Waals surface area contributed by atoms with Gasteiger partial charge in [0.25, 0.3) is 0 Å². The zero-order valence-corrected chi connectivity index (χ0v) is 11.3. The van der Waals surface area contributed by atoms with Crippen molar-refractivity contribution in [1.29, 1.82) is 0 Å². The fourth-order valence-electron chi connectivity index (χ4n) is 3.10. The Balaban J connectivity index is 2.28. The van der Waals surface area contributed by atoms with Crippen LogP contribution in [0.2, 0.25) is 0 Å². The summed E-state index contributed by atoms with van der Waals surface area (Å²) in [4.78, 5) is 0. The van der Waals surface area contributed by atoms with Crippen molar-refractivity contribution in [1.82, 2.24) is 0 Å². The minimum atomic E-state index is 0.730. The van der Waals surface area contributed by atoms with E-state index in [1.165, 1.54) is 51.4 Å². The highest BCUT2D eigenvalue weighted by Gasteiger charge is 2.31. The van der Waals surface area contributed by atoms with Gasteiger partial charge in [0.2, 0.25) is 0 Å². The van der Waals surface area contributed by atoms with Crippen LogP contribution in [0.1, 0.15) is 79.1 Å². The van der Waals surface area contributed by atoms with Gasteiger partial charge in [-0.05, 0) is 42.9 Å². The average Bonchev–Trinajstić information content (AvgIpc) is 2.27. The van der Waals surface area contributed by atoms with Gasteiger partial charge in [-0.15, -0.1) is 0 Å². The summed E-state index contributed by atoms with van der Waals surface area (Å²) >= 11 is 0. The average molecular weight is 210 g/mol. The van der Waals surface area contributed by atoms with Gasteiger partial charge in [0.1, 0.15) is 0 Å². The van der Waals surface area contributed by atoms with E-state index in [2.05, 4.69) is 27.7 Å². The van der Waals surface area contributed by atoms with Crippen LogP contribution in [0.3, 0.4) is 0 Å². The Morgan fingerprint density at radius 2 is 1.60 bits per heavy atom. The molecule has 0 amide bonds. The van der Waals surface area contributed by atoms with E-state index in [-0.39, 0.29) is 0 Å². The van der Waals surface area contributed by atoms with Gasteiger partial charge in [0.05, 0.1) is 0 Å². The molecule has 0 N–H and O–H groups in total. The third-order valence-electron chi connectivity index (χ3n) is 4.82. The van der Waals surface area contributed by atoms with Crippen LogP contribution >= 0.6 is 0 Å². The maximum Gasteiger partial charge on any atom is -0.0302 e. The van der Waals surface area contributed by atoms with E-state index in [0.717, 1.165) is 17.3 Å². The lowest BCUT2D eigenvalue weighted by atomic mass is 9.66.